The molecule has 3 aromatic carbocycles. The van der Waals surface area contributed by atoms with E-state index in [1.807, 2.05) is 12.1 Å². The quantitative estimate of drug-likeness (QED) is 0.409. The van der Waals surface area contributed by atoms with Crippen molar-refractivity contribution in [1.29, 1.82) is 0 Å². The molecule has 0 radical (unpaired) electrons. The van der Waals surface area contributed by atoms with Crippen molar-refractivity contribution in [3.63, 3.8) is 0 Å². The lowest BCUT2D eigenvalue weighted by molar-refractivity contribution is 1.41. The van der Waals surface area contributed by atoms with Gasteiger partial charge < -0.3 is 0 Å². The molecule has 4 rings (SSSR count). The fraction of sp³-hybridized carbons (Fsp3) is 0. The van der Waals surface area contributed by atoms with Crippen LogP contribution in [-0.2, 0) is 0 Å². The van der Waals surface area contributed by atoms with Gasteiger partial charge in [0, 0.05) is 5.39 Å². The largest absolute Gasteiger partial charge is 0.236 e. The predicted molar refractivity (Wildman–Crippen MR) is 89.7 cm³/mol. The Morgan fingerprint density at radius 2 is 1.29 bits per heavy atom. The van der Waals surface area contributed by atoms with Crippen molar-refractivity contribution in [1.82, 2.24) is 4.98 Å². The molecule has 0 spiro atoms. The van der Waals surface area contributed by atoms with Crippen LogP contribution in [-0.4, -0.2) is 4.98 Å². The Bertz CT molecular complexity index is 960. The van der Waals surface area contributed by atoms with E-state index in [1.165, 1.54) is 16.3 Å². The first-order valence-corrected chi connectivity index (χ1v) is 7.23. The van der Waals surface area contributed by atoms with Crippen LogP contribution in [0.15, 0.2) is 72.8 Å². The number of hydrogen-bond acceptors (Lipinski definition) is 1. The predicted octanol–water partition coefficient (Wildman–Crippen LogP) is 5.71. The monoisotopic (exact) mass is 289 g/mol. The molecule has 0 aliphatic rings. The summed E-state index contributed by atoms with van der Waals surface area (Å²) in [5, 5.41) is 4.12. The van der Waals surface area contributed by atoms with Crippen LogP contribution in [0.25, 0.3) is 32.8 Å². The molecule has 0 bridgehead atoms. The summed E-state index contributed by atoms with van der Waals surface area (Å²) < 4.78 is 0. The van der Waals surface area contributed by atoms with E-state index in [0.29, 0.717) is 5.15 Å². The summed E-state index contributed by atoms with van der Waals surface area (Å²) in [6, 6.07) is 25.0. The summed E-state index contributed by atoms with van der Waals surface area (Å²) in [5.41, 5.74) is 3.27. The summed E-state index contributed by atoms with van der Waals surface area (Å²) >= 11 is 5.98. The van der Waals surface area contributed by atoms with E-state index < -0.39 is 0 Å². The first-order chi connectivity index (χ1) is 10.3. The van der Waals surface area contributed by atoms with Gasteiger partial charge in [-0.05, 0) is 46.2 Å². The van der Waals surface area contributed by atoms with Crippen molar-refractivity contribution < 1.29 is 0 Å². The van der Waals surface area contributed by atoms with Crippen molar-refractivity contribution in [3.8, 4) is 11.1 Å². The second-order valence-electron chi connectivity index (χ2n) is 5.10. The molecule has 100 valence electrons. The number of halogens is 1. The van der Waals surface area contributed by atoms with E-state index in [0.717, 1.165) is 16.5 Å². The van der Waals surface area contributed by atoms with Gasteiger partial charge in [0.1, 0.15) is 5.15 Å². The van der Waals surface area contributed by atoms with Gasteiger partial charge in [-0.15, -0.1) is 0 Å². The first kappa shape index (κ1) is 12.4. The summed E-state index contributed by atoms with van der Waals surface area (Å²) in [4.78, 5) is 4.39. The average Bonchev–Trinajstić information content (AvgIpc) is 2.53. The van der Waals surface area contributed by atoms with Gasteiger partial charge in [-0.25, -0.2) is 4.98 Å². The fourth-order valence-corrected chi connectivity index (χ4v) is 2.79. The van der Waals surface area contributed by atoms with E-state index in [9.17, 15) is 0 Å². The molecular weight excluding hydrogens is 278 g/mol. The zero-order valence-electron chi connectivity index (χ0n) is 11.3. The molecule has 2 heteroatoms. The summed E-state index contributed by atoms with van der Waals surface area (Å²) in [7, 11) is 0. The third kappa shape index (κ3) is 2.26. The SMILES string of the molecule is Clc1ccc2ccc(-c3ccc4ccccc4c3)cc2n1. The molecule has 0 atom stereocenters. The maximum atomic E-state index is 5.98. The zero-order valence-corrected chi connectivity index (χ0v) is 12.0. The van der Waals surface area contributed by atoms with Crippen LogP contribution in [0.1, 0.15) is 0 Å². The van der Waals surface area contributed by atoms with Gasteiger partial charge in [0.2, 0.25) is 0 Å². The van der Waals surface area contributed by atoms with E-state index in [1.54, 1.807) is 0 Å². The molecular formula is C19H12ClN. The van der Waals surface area contributed by atoms with Crippen molar-refractivity contribution in [2.45, 2.75) is 0 Å². The van der Waals surface area contributed by atoms with E-state index >= 15 is 0 Å². The maximum Gasteiger partial charge on any atom is 0.129 e. The van der Waals surface area contributed by atoms with Gasteiger partial charge in [-0.2, -0.15) is 0 Å². The lowest BCUT2D eigenvalue weighted by Crippen LogP contribution is -1.83. The Balaban J connectivity index is 1.90. The Kier molecular flexibility index (Phi) is 2.87. The Morgan fingerprint density at radius 1 is 0.619 bits per heavy atom. The van der Waals surface area contributed by atoms with Gasteiger partial charge in [-0.1, -0.05) is 60.1 Å². The molecule has 4 aromatic rings. The lowest BCUT2D eigenvalue weighted by Gasteiger charge is -2.06. The lowest BCUT2D eigenvalue weighted by atomic mass is 10.0. The van der Waals surface area contributed by atoms with E-state index in [2.05, 4.69) is 65.6 Å². The van der Waals surface area contributed by atoms with Crippen LogP contribution >= 0.6 is 11.6 Å². The van der Waals surface area contributed by atoms with Crippen molar-refractivity contribution in [2.24, 2.45) is 0 Å². The Hall–Kier alpha value is -2.38. The molecule has 0 aliphatic carbocycles. The van der Waals surface area contributed by atoms with Gasteiger partial charge in [0.25, 0.3) is 0 Å². The summed E-state index contributed by atoms with van der Waals surface area (Å²) in [6.07, 6.45) is 0. The smallest absolute Gasteiger partial charge is 0.129 e. The van der Waals surface area contributed by atoms with Crippen molar-refractivity contribution in [2.75, 3.05) is 0 Å². The van der Waals surface area contributed by atoms with E-state index in [4.69, 9.17) is 11.6 Å². The van der Waals surface area contributed by atoms with Crippen LogP contribution in [0.5, 0.6) is 0 Å². The highest BCUT2D eigenvalue weighted by Crippen LogP contribution is 2.27. The third-order valence-corrected chi connectivity index (χ3v) is 3.95. The molecule has 21 heavy (non-hydrogen) atoms. The molecule has 0 saturated carbocycles. The Labute approximate surface area is 127 Å². The molecule has 0 amide bonds. The van der Waals surface area contributed by atoms with Crippen molar-refractivity contribution in [3.05, 3.63) is 77.9 Å². The normalized spacial score (nSPS) is 11.1. The number of pyridine rings is 1. The van der Waals surface area contributed by atoms with Gasteiger partial charge in [0.15, 0.2) is 0 Å². The number of fused-ring (bicyclic) bond motifs is 2. The zero-order chi connectivity index (χ0) is 14.2. The van der Waals surface area contributed by atoms with Gasteiger partial charge in [0.05, 0.1) is 5.52 Å². The Morgan fingerprint density at radius 3 is 2.14 bits per heavy atom. The molecule has 0 N–H and O–H groups in total. The number of benzene rings is 3. The third-order valence-electron chi connectivity index (χ3n) is 3.74. The standard InChI is InChI=1S/C19H12ClN/c20-19-10-9-14-6-8-17(12-18(14)21-19)16-7-5-13-3-1-2-4-15(13)11-16/h1-12H. The number of rotatable bonds is 1. The second-order valence-corrected chi connectivity index (χ2v) is 5.49. The minimum atomic E-state index is 0.526. The van der Waals surface area contributed by atoms with Crippen LogP contribution in [0.2, 0.25) is 5.15 Å². The highest BCUT2D eigenvalue weighted by molar-refractivity contribution is 6.29. The topological polar surface area (TPSA) is 12.9 Å². The summed E-state index contributed by atoms with van der Waals surface area (Å²) in [6.45, 7) is 0. The van der Waals surface area contributed by atoms with Crippen LogP contribution in [0.3, 0.4) is 0 Å². The van der Waals surface area contributed by atoms with Gasteiger partial charge in [-0.3, -0.25) is 0 Å². The van der Waals surface area contributed by atoms with Crippen LogP contribution in [0.4, 0.5) is 0 Å². The minimum absolute atomic E-state index is 0.526. The molecule has 0 fully saturated rings. The molecule has 1 aromatic heterocycles. The molecule has 1 heterocycles. The van der Waals surface area contributed by atoms with Gasteiger partial charge >= 0.3 is 0 Å². The number of nitrogens with zero attached hydrogens (tertiary/aromatic N) is 1. The summed E-state index contributed by atoms with van der Waals surface area (Å²) in [5.74, 6) is 0. The molecule has 0 unspecified atom stereocenters. The molecule has 0 saturated heterocycles. The highest BCUT2D eigenvalue weighted by Gasteiger charge is 2.03. The maximum absolute atomic E-state index is 5.98. The van der Waals surface area contributed by atoms with Crippen molar-refractivity contribution >= 4 is 33.3 Å². The van der Waals surface area contributed by atoms with Crippen LogP contribution < -0.4 is 0 Å². The molecule has 0 aliphatic heterocycles. The fourth-order valence-electron chi connectivity index (χ4n) is 2.64. The van der Waals surface area contributed by atoms with Crippen LogP contribution in [0, 0.1) is 0 Å². The van der Waals surface area contributed by atoms with E-state index in [-0.39, 0.29) is 0 Å². The number of aromatic nitrogens is 1. The first-order valence-electron chi connectivity index (χ1n) is 6.85. The molecule has 1 nitrogen and oxygen atoms in total. The number of hydrogen-bond donors (Lipinski definition) is 0. The second kappa shape index (κ2) is 4.87. The highest BCUT2D eigenvalue weighted by atomic mass is 35.5. The minimum Gasteiger partial charge on any atom is -0.236 e. The average molecular weight is 290 g/mol.